The Morgan fingerprint density at radius 2 is 0.284 bits per heavy atom. The Labute approximate surface area is 543 Å². The van der Waals surface area contributed by atoms with Crippen molar-refractivity contribution in [2.45, 2.75) is 319 Å². The number of rotatable bonds is 14. The van der Waals surface area contributed by atoms with E-state index >= 15 is 0 Å². The second-order valence-corrected chi connectivity index (χ2v) is 44.0. The van der Waals surface area contributed by atoms with Crippen molar-refractivity contribution in [3.8, 4) is 0 Å². The molecular weight excluding hydrogens is 1450 g/mol. The van der Waals surface area contributed by atoms with Gasteiger partial charge < -0.3 is 12.4 Å². The van der Waals surface area contributed by atoms with Crippen LogP contribution in [0, 0.1) is 0 Å². The average Bonchev–Trinajstić information content (AvgIpc) is 3.38. The average molecular weight is 1560 g/mol. The molecule has 0 amide bonds. The van der Waals surface area contributed by atoms with Crippen molar-refractivity contribution in [1.82, 2.24) is 0 Å². The Morgan fingerprint density at radius 3 is 0.365 bits per heavy atom. The van der Waals surface area contributed by atoms with Crippen LogP contribution in [-0.2, 0) is 22.4 Å². The van der Waals surface area contributed by atoms with Gasteiger partial charge in [0.2, 0.25) is 0 Å². The molecule has 8 fully saturated rings. The molecular formula is C56H104AuCl13P4+4. The second kappa shape index (κ2) is 50.3. The minimum Gasteiger partial charge on any atom is -1.00 e. The van der Waals surface area contributed by atoms with Crippen LogP contribution in [0.3, 0.4) is 0 Å². The fraction of sp³-hybridized carbons (Fsp3) is 1.00. The first-order valence-corrected chi connectivity index (χ1v) is 42.6. The van der Waals surface area contributed by atoms with Crippen LogP contribution in [0.2, 0.25) is 0 Å². The van der Waals surface area contributed by atoms with Gasteiger partial charge in [0.15, 0.2) is 17.2 Å². The monoisotopic (exact) mass is 1550 g/mol. The molecule has 0 aliphatic heterocycles. The molecule has 8 aliphatic carbocycles. The molecule has 0 radical (unpaired) electrons. The molecule has 0 aromatic rings. The zero-order valence-electron chi connectivity index (χ0n) is 45.3. The van der Waals surface area contributed by atoms with E-state index in [1.54, 1.807) is 281 Å². The molecule has 0 spiro atoms. The normalized spacial score (nSPS) is 22.9. The van der Waals surface area contributed by atoms with Crippen molar-refractivity contribution in [3.05, 3.63) is 0 Å². The predicted octanol–water partition coefficient (Wildman–Crippen LogP) is 22.4. The van der Waals surface area contributed by atoms with Gasteiger partial charge >= 0.3 is 22.4 Å². The Balaban J connectivity index is 0.000000562. The standard InChI is InChI=1S/2C26H48P2.4CHCl3.Au.ClH/c2*1-5-13-23(14-6-1)27(24-15-7-2-8-16-24)21-22-28(25-17-9-3-10-18-25)26-19-11-4-12-20-26;4*2-1(3)4;;/h2*23-26H,1-22H2;4*1H;;1H/q;;;;;;+1;/p+3. The molecule has 0 saturated heterocycles. The topological polar surface area (TPSA) is 0 Å². The summed E-state index contributed by atoms with van der Waals surface area (Å²) in [7, 11) is -0.363. The van der Waals surface area contributed by atoms with Gasteiger partial charge in [-0.3, -0.25) is 0 Å². The first-order chi connectivity index (χ1) is 34.8. The maximum Gasteiger partial charge on any atom is 1.00 e. The van der Waals surface area contributed by atoms with E-state index in [-0.39, 0.29) is 66.5 Å². The first-order valence-electron chi connectivity index (χ1n) is 29.9. The molecule has 0 atom stereocenters. The molecule has 446 valence electrons. The molecule has 8 saturated carbocycles. The van der Waals surface area contributed by atoms with Crippen molar-refractivity contribution in [2.24, 2.45) is 0 Å². The molecule has 0 heterocycles. The summed E-state index contributed by atoms with van der Waals surface area (Å²) < 4.78 is -3.00. The molecule has 18 heteroatoms. The van der Waals surface area contributed by atoms with Crippen LogP contribution >= 0.6 is 171 Å². The van der Waals surface area contributed by atoms with E-state index in [1.165, 1.54) is 45.3 Å². The third-order valence-corrected chi connectivity index (χ3v) is 35.8. The van der Waals surface area contributed by atoms with E-state index in [4.69, 9.17) is 139 Å². The van der Waals surface area contributed by atoms with Crippen LogP contribution < -0.4 is 12.4 Å². The SMILES string of the molecule is C1CCC([PH+](CC[PH+](C2CCCCC2)C2CCCCC2)C2CCCCC2)CC1.C1CCC([PH+](CC[PH+](C2CCCCC2)C2CCCCC2)C2CCCCC2)CC1.ClC(Cl)Cl.ClC(Cl)Cl.ClC(Cl)Cl.ClC(Cl)Cl.[Au+].[Cl-]. The van der Waals surface area contributed by atoms with Crippen LogP contribution in [0.5, 0.6) is 0 Å². The van der Waals surface area contributed by atoms with Gasteiger partial charge in [-0.1, -0.05) is 191 Å². The number of alkyl halides is 12. The first kappa shape index (κ1) is 78.2. The largest absolute Gasteiger partial charge is 1.00 e. The van der Waals surface area contributed by atoms with E-state index in [2.05, 4.69) is 0 Å². The van der Waals surface area contributed by atoms with Crippen LogP contribution in [0.15, 0.2) is 0 Å². The van der Waals surface area contributed by atoms with Gasteiger partial charge in [0.05, 0.1) is 69.9 Å². The van der Waals surface area contributed by atoms with Gasteiger partial charge in [0.1, 0.15) is 0 Å². The van der Waals surface area contributed by atoms with Crippen molar-refractivity contribution in [2.75, 3.05) is 24.6 Å². The van der Waals surface area contributed by atoms with Gasteiger partial charge in [0, 0.05) is 31.7 Å². The van der Waals surface area contributed by atoms with Gasteiger partial charge in [0.25, 0.3) is 0 Å². The quantitative estimate of drug-likeness (QED) is 0.0924. The number of hydrogen-bond acceptors (Lipinski definition) is 0. The van der Waals surface area contributed by atoms with Crippen molar-refractivity contribution < 1.29 is 34.8 Å². The summed E-state index contributed by atoms with van der Waals surface area (Å²) in [4.78, 5) is 0. The summed E-state index contributed by atoms with van der Waals surface area (Å²) in [6.45, 7) is 0. The Morgan fingerprint density at radius 1 is 0.203 bits per heavy atom. The summed E-state index contributed by atoms with van der Waals surface area (Å²) in [6, 6.07) is 0. The minimum atomic E-state index is -0.750. The van der Waals surface area contributed by atoms with Crippen LogP contribution in [0.4, 0.5) is 0 Å². The van der Waals surface area contributed by atoms with Gasteiger partial charge in [-0.15, -0.1) is 0 Å². The predicted molar refractivity (Wildman–Crippen MR) is 353 cm³/mol. The minimum absolute atomic E-state index is 0. The maximum atomic E-state index is 4.81. The summed E-state index contributed by atoms with van der Waals surface area (Å²) in [5, 5.41) is 0. The molecule has 8 aliphatic rings. The smallest absolute Gasteiger partial charge is 1.00 e. The molecule has 74 heavy (non-hydrogen) atoms. The van der Waals surface area contributed by atoms with Crippen LogP contribution in [-0.4, -0.2) is 87.1 Å². The van der Waals surface area contributed by atoms with E-state index < -0.39 is 17.2 Å². The molecule has 0 unspecified atom stereocenters. The number of halogens is 13. The molecule has 0 aromatic heterocycles. The van der Waals surface area contributed by atoms with Gasteiger partial charge in [-0.2, -0.15) is 0 Å². The maximum absolute atomic E-state index is 4.81. The van der Waals surface area contributed by atoms with Crippen LogP contribution in [0.25, 0.3) is 0 Å². The van der Waals surface area contributed by atoms with Crippen molar-refractivity contribution in [1.29, 1.82) is 0 Å². The summed E-state index contributed by atoms with van der Waals surface area (Å²) in [6.07, 6.45) is 70.9. The zero-order valence-corrected chi connectivity index (χ0v) is 61.2. The van der Waals surface area contributed by atoms with E-state index in [0.717, 1.165) is 0 Å². The van der Waals surface area contributed by atoms with Gasteiger partial charge in [-0.05, 0) is 205 Å². The van der Waals surface area contributed by atoms with Gasteiger partial charge in [-0.25, -0.2) is 0 Å². The fourth-order valence-electron chi connectivity index (χ4n) is 15.3. The molecule has 0 nitrogen and oxygen atoms in total. The Bertz CT molecular complexity index is 955. The fourth-order valence-corrected chi connectivity index (χ4v) is 35.1. The third-order valence-electron chi connectivity index (χ3n) is 18.4. The summed E-state index contributed by atoms with van der Waals surface area (Å²) in [5.74, 6) is 0. The Hall–Kier alpha value is 6.23. The molecule has 0 N–H and O–H groups in total. The number of hydrogen-bond donors (Lipinski definition) is 0. The van der Waals surface area contributed by atoms with E-state index in [1.807, 2.05) is 0 Å². The Kier molecular flexibility index (Phi) is 53.1. The van der Waals surface area contributed by atoms with Crippen molar-refractivity contribution in [3.63, 3.8) is 0 Å². The van der Waals surface area contributed by atoms with E-state index in [9.17, 15) is 0 Å². The van der Waals surface area contributed by atoms with E-state index in [0.29, 0.717) is 0 Å². The van der Waals surface area contributed by atoms with Crippen molar-refractivity contribution >= 4 is 171 Å². The molecule has 0 bridgehead atoms. The molecule has 8 rings (SSSR count). The third kappa shape index (κ3) is 37.0. The zero-order chi connectivity index (χ0) is 52.4. The van der Waals surface area contributed by atoms with Crippen LogP contribution in [0.1, 0.15) is 257 Å². The molecule has 0 aromatic carbocycles. The summed E-state index contributed by atoms with van der Waals surface area (Å²) in [5.41, 5.74) is 9.80. The second-order valence-electron chi connectivity index (χ2n) is 23.0. The summed E-state index contributed by atoms with van der Waals surface area (Å²) >= 11 is 57.7.